The van der Waals surface area contributed by atoms with Crippen LogP contribution < -0.4 is 21.0 Å². The van der Waals surface area contributed by atoms with E-state index in [2.05, 4.69) is 22.2 Å². The molecule has 25 heavy (non-hydrogen) atoms. The normalized spacial score (nSPS) is 14.6. The summed E-state index contributed by atoms with van der Waals surface area (Å²) in [5.41, 5.74) is 0.561. The van der Waals surface area contributed by atoms with E-state index in [9.17, 15) is 14.5 Å². The lowest BCUT2D eigenvalue weighted by atomic mass is 10.2. The quantitative estimate of drug-likeness (QED) is 0.763. The van der Waals surface area contributed by atoms with E-state index in [0.29, 0.717) is 18.9 Å². The van der Waals surface area contributed by atoms with E-state index in [1.165, 1.54) is 11.6 Å². The number of hydrogen-bond acceptors (Lipinski definition) is 6. The predicted octanol–water partition coefficient (Wildman–Crippen LogP) is 0.677. The minimum absolute atomic E-state index is 0.241. The molecule has 8 nitrogen and oxygen atoms in total. The maximum Gasteiger partial charge on any atom is 0.332 e. The van der Waals surface area contributed by atoms with Gasteiger partial charge in [0, 0.05) is 46.0 Å². The molecule has 0 N–H and O–H groups in total. The molecule has 3 rings (SSSR count). The molecule has 1 aromatic carbocycles. The number of piperazine rings is 1. The van der Waals surface area contributed by atoms with Crippen LogP contribution in [0.3, 0.4) is 0 Å². The van der Waals surface area contributed by atoms with Crippen molar-refractivity contribution in [2.24, 2.45) is 19.3 Å². The first-order valence-corrected chi connectivity index (χ1v) is 8.17. The molecule has 0 spiro atoms. The molecule has 0 atom stereocenters. The number of anilines is 2. The fourth-order valence-corrected chi connectivity index (χ4v) is 3.32. The number of rotatable bonds is 4. The van der Waals surface area contributed by atoms with Gasteiger partial charge in [0.15, 0.2) is 0 Å². The van der Waals surface area contributed by atoms with Gasteiger partial charge in [0.05, 0.1) is 5.56 Å². The van der Waals surface area contributed by atoms with Crippen LogP contribution in [0.1, 0.15) is 5.56 Å². The molecule has 2 heterocycles. The van der Waals surface area contributed by atoms with E-state index in [0.717, 1.165) is 23.3 Å². The maximum atomic E-state index is 12.4. The average molecular weight is 343 g/mol. The van der Waals surface area contributed by atoms with Crippen LogP contribution in [-0.2, 0) is 20.6 Å². The van der Waals surface area contributed by atoms with Gasteiger partial charge < -0.3 is 9.80 Å². The lowest BCUT2D eigenvalue weighted by molar-refractivity contribution is 0.601. The summed E-state index contributed by atoms with van der Waals surface area (Å²) in [4.78, 5) is 39.7. The minimum Gasteiger partial charge on any atom is -0.368 e. The molecular weight excluding hydrogens is 322 g/mol. The maximum absolute atomic E-state index is 12.4. The molecule has 8 heteroatoms. The lowest BCUT2D eigenvalue weighted by Gasteiger charge is -2.38. The van der Waals surface area contributed by atoms with Crippen molar-refractivity contribution in [3.8, 4) is 0 Å². The molecule has 1 aliphatic rings. The van der Waals surface area contributed by atoms with Crippen molar-refractivity contribution in [2.75, 3.05) is 36.0 Å². The van der Waals surface area contributed by atoms with Gasteiger partial charge in [-0.1, -0.05) is 23.4 Å². The van der Waals surface area contributed by atoms with Gasteiger partial charge in [-0.2, -0.15) is 4.91 Å². The largest absolute Gasteiger partial charge is 0.368 e. The van der Waals surface area contributed by atoms with Crippen molar-refractivity contribution in [3.63, 3.8) is 0 Å². The Labute approximate surface area is 144 Å². The van der Waals surface area contributed by atoms with Crippen LogP contribution in [0.2, 0.25) is 0 Å². The van der Waals surface area contributed by atoms with Crippen LogP contribution in [0.4, 0.5) is 11.5 Å². The highest BCUT2D eigenvalue weighted by Crippen LogP contribution is 2.21. The fourth-order valence-electron chi connectivity index (χ4n) is 3.32. The molecule has 1 aromatic heterocycles. The molecule has 132 valence electrons. The van der Waals surface area contributed by atoms with Gasteiger partial charge in [0.2, 0.25) is 0 Å². The van der Waals surface area contributed by atoms with Crippen LogP contribution in [-0.4, -0.2) is 35.3 Å². The fraction of sp³-hybridized carbons (Fsp3) is 0.412. The number of benzene rings is 1. The van der Waals surface area contributed by atoms with Gasteiger partial charge in [0.25, 0.3) is 5.56 Å². The highest BCUT2D eigenvalue weighted by atomic mass is 16.3. The van der Waals surface area contributed by atoms with E-state index in [4.69, 9.17) is 0 Å². The summed E-state index contributed by atoms with van der Waals surface area (Å²) in [6.45, 7) is 2.60. The first kappa shape index (κ1) is 16.9. The number of nitrogens with zero attached hydrogens (tertiary/aromatic N) is 5. The zero-order valence-electron chi connectivity index (χ0n) is 14.4. The smallest absolute Gasteiger partial charge is 0.332 e. The molecular formula is C17H21N5O3. The predicted molar refractivity (Wildman–Crippen MR) is 97.3 cm³/mol. The molecule has 1 saturated heterocycles. The molecule has 0 bridgehead atoms. The molecule has 0 saturated carbocycles. The zero-order chi connectivity index (χ0) is 18.0. The Morgan fingerprint density at radius 1 is 0.920 bits per heavy atom. The second kappa shape index (κ2) is 6.92. The van der Waals surface area contributed by atoms with Crippen molar-refractivity contribution < 1.29 is 0 Å². The van der Waals surface area contributed by atoms with Crippen molar-refractivity contribution in [3.05, 3.63) is 61.6 Å². The molecule has 1 aliphatic heterocycles. The van der Waals surface area contributed by atoms with Crippen LogP contribution >= 0.6 is 0 Å². The third-order valence-corrected chi connectivity index (χ3v) is 4.65. The number of nitroso groups, excluding NO2 is 1. The van der Waals surface area contributed by atoms with Gasteiger partial charge >= 0.3 is 5.69 Å². The average Bonchev–Trinajstić information content (AvgIpc) is 2.66. The van der Waals surface area contributed by atoms with E-state index in [1.54, 1.807) is 7.05 Å². The standard InChI is InChI=1S/C17H21N5O3/c1-19-15(14(12-18-25)16(23)20(2)17(19)24)22-10-8-21(9-11-22)13-6-4-3-5-7-13/h3-7H,8-12H2,1-2H3. The number of aromatic nitrogens is 2. The SMILES string of the molecule is Cn1c(N2CCN(c3ccccc3)CC2)c(CN=O)c(=O)n(C)c1=O. The van der Waals surface area contributed by atoms with E-state index < -0.39 is 11.2 Å². The van der Waals surface area contributed by atoms with Gasteiger partial charge in [0.1, 0.15) is 12.4 Å². The number of hydrogen-bond donors (Lipinski definition) is 0. The van der Waals surface area contributed by atoms with Crippen LogP contribution in [0.15, 0.2) is 45.1 Å². The third kappa shape index (κ3) is 3.07. The van der Waals surface area contributed by atoms with Crippen LogP contribution in [0, 0.1) is 4.91 Å². The van der Waals surface area contributed by atoms with Crippen molar-refractivity contribution in [2.45, 2.75) is 6.54 Å². The molecule has 0 aliphatic carbocycles. The topological polar surface area (TPSA) is 79.9 Å². The summed E-state index contributed by atoms with van der Waals surface area (Å²) in [5, 5.41) is 2.88. The van der Waals surface area contributed by atoms with Gasteiger partial charge in [-0.25, -0.2) is 4.79 Å². The molecule has 0 radical (unpaired) electrons. The monoisotopic (exact) mass is 343 g/mol. The second-order valence-corrected chi connectivity index (χ2v) is 6.10. The second-order valence-electron chi connectivity index (χ2n) is 6.10. The summed E-state index contributed by atoms with van der Waals surface area (Å²) in [6, 6.07) is 10.1. The minimum atomic E-state index is -0.455. The Bertz CT molecular complexity index is 880. The summed E-state index contributed by atoms with van der Waals surface area (Å²) < 4.78 is 2.45. The number of para-hydroxylation sites is 1. The highest BCUT2D eigenvalue weighted by molar-refractivity contribution is 5.52. The van der Waals surface area contributed by atoms with Gasteiger partial charge in [-0.15, -0.1) is 0 Å². The Kier molecular flexibility index (Phi) is 4.69. The van der Waals surface area contributed by atoms with Crippen LogP contribution in [0.25, 0.3) is 0 Å². The summed E-state index contributed by atoms with van der Waals surface area (Å²) in [7, 11) is 3.03. The molecule has 0 amide bonds. The molecule has 1 fully saturated rings. The Balaban J connectivity index is 1.92. The van der Waals surface area contributed by atoms with Crippen molar-refractivity contribution in [1.29, 1.82) is 0 Å². The van der Waals surface area contributed by atoms with Gasteiger partial charge in [-0.3, -0.25) is 13.9 Å². The molecule has 0 unspecified atom stereocenters. The first-order chi connectivity index (χ1) is 12.0. The summed E-state index contributed by atoms with van der Waals surface area (Å²) in [5.74, 6) is 0.500. The summed E-state index contributed by atoms with van der Waals surface area (Å²) in [6.07, 6.45) is 0. The molecule has 2 aromatic rings. The van der Waals surface area contributed by atoms with E-state index in [-0.39, 0.29) is 12.1 Å². The Morgan fingerprint density at radius 3 is 2.12 bits per heavy atom. The Hall–Kier alpha value is -2.90. The summed E-state index contributed by atoms with van der Waals surface area (Å²) >= 11 is 0. The van der Waals surface area contributed by atoms with Crippen molar-refractivity contribution in [1.82, 2.24) is 9.13 Å². The zero-order valence-corrected chi connectivity index (χ0v) is 14.4. The van der Waals surface area contributed by atoms with E-state index in [1.807, 2.05) is 23.1 Å². The lowest BCUT2D eigenvalue weighted by Crippen LogP contribution is -2.50. The van der Waals surface area contributed by atoms with Crippen LogP contribution in [0.5, 0.6) is 0 Å². The van der Waals surface area contributed by atoms with E-state index >= 15 is 0 Å². The van der Waals surface area contributed by atoms with Crippen molar-refractivity contribution >= 4 is 11.5 Å². The Morgan fingerprint density at radius 2 is 1.52 bits per heavy atom. The highest BCUT2D eigenvalue weighted by Gasteiger charge is 2.24. The van der Waals surface area contributed by atoms with Gasteiger partial charge in [-0.05, 0) is 12.1 Å². The first-order valence-electron chi connectivity index (χ1n) is 8.17. The third-order valence-electron chi connectivity index (χ3n) is 4.65.